The highest BCUT2D eigenvalue weighted by Crippen LogP contribution is 2.17. The molecule has 0 saturated heterocycles. The van der Waals surface area contributed by atoms with Gasteiger partial charge in [-0.2, -0.15) is 0 Å². The molecule has 104 valence electrons. The normalized spacial score (nSPS) is 11.8. The first-order chi connectivity index (χ1) is 9.56. The second-order valence-electron chi connectivity index (χ2n) is 3.96. The Morgan fingerprint density at radius 3 is 2.90 bits per heavy atom. The zero-order valence-electron chi connectivity index (χ0n) is 10.4. The molecule has 1 heterocycles. The largest absolute Gasteiger partial charge is 0.396 e. The van der Waals surface area contributed by atoms with E-state index in [9.17, 15) is 9.00 Å². The average molecular weight is 354 g/mol. The third kappa shape index (κ3) is 3.88. The highest BCUT2D eigenvalue weighted by Gasteiger charge is 2.13. The van der Waals surface area contributed by atoms with Crippen LogP contribution in [0, 0.1) is 0 Å². The molecule has 0 spiro atoms. The summed E-state index contributed by atoms with van der Waals surface area (Å²) in [5.74, 6) is -0.488. The molecule has 1 atom stereocenters. The number of nitrogens with two attached hydrogens (primary N) is 1. The molecule has 0 fully saturated rings. The highest BCUT2D eigenvalue weighted by molar-refractivity contribution is 9.10. The summed E-state index contributed by atoms with van der Waals surface area (Å²) in [6.07, 6.45) is 2.91. The molecule has 1 unspecified atom stereocenters. The number of nitrogens with one attached hydrogen (secondary N) is 1. The van der Waals surface area contributed by atoms with Gasteiger partial charge in [0.25, 0.3) is 0 Å². The number of nitrogen functional groups attached to an aromatic ring is 1. The molecule has 2 aromatic rings. The number of hydrogen-bond acceptors (Lipinski definition) is 4. The van der Waals surface area contributed by atoms with Crippen LogP contribution in [0.4, 0.5) is 11.4 Å². The van der Waals surface area contributed by atoms with E-state index in [-0.39, 0.29) is 11.7 Å². The number of halogens is 1. The van der Waals surface area contributed by atoms with Crippen LogP contribution in [-0.2, 0) is 15.6 Å². The minimum Gasteiger partial charge on any atom is -0.396 e. The van der Waals surface area contributed by atoms with Gasteiger partial charge in [0.05, 0.1) is 27.6 Å². The molecule has 0 bridgehead atoms. The number of anilines is 2. The molecule has 5 nitrogen and oxygen atoms in total. The number of aromatic nitrogens is 1. The summed E-state index contributed by atoms with van der Waals surface area (Å²) in [7, 11) is -1.49. The summed E-state index contributed by atoms with van der Waals surface area (Å²) in [6, 6.07) is 8.73. The lowest BCUT2D eigenvalue weighted by Gasteiger charge is -2.07. The van der Waals surface area contributed by atoms with Gasteiger partial charge in [-0.3, -0.25) is 14.0 Å². The highest BCUT2D eigenvalue weighted by atomic mass is 79.9. The van der Waals surface area contributed by atoms with Gasteiger partial charge in [-0.25, -0.2) is 0 Å². The molecule has 3 N–H and O–H groups in total. The molecule has 2 rings (SSSR count). The van der Waals surface area contributed by atoms with Gasteiger partial charge in [0.15, 0.2) is 0 Å². The van der Waals surface area contributed by atoms with Crippen molar-refractivity contribution in [3.63, 3.8) is 0 Å². The van der Waals surface area contributed by atoms with E-state index in [2.05, 4.69) is 26.2 Å². The van der Waals surface area contributed by atoms with Crippen LogP contribution in [0.3, 0.4) is 0 Å². The van der Waals surface area contributed by atoms with Crippen molar-refractivity contribution in [1.29, 1.82) is 0 Å². The van der Waals surface area contributed by atoms with E-state index >= 15 is 0 Å². The Kier molecular flexibility index (Phi) is 4.86. The molecule has 1 amide bonds. The fourth-order valence-electron chi connectivity index (χ4n) is 1.56. The molecular formula is C13H12BrN3O2S. The standard InChI is InChI=1S/C13H12BrN3O2S/c14-9-2-1-3-10(6-9)17-13(18)8-20(19)12-4-5-16-7-11(12)15/h1-7H,8,15H2,(H,17,18). The van der Waals surface area contributed by atoms with Gasteiger partial charge < -0.3 is 11.1 Å². The summed E-state index contributed by atoms with van der Waals surface area (Å²) in [6.45, 7) is 0. The van der Waals surface area contributed by atoms with E-state index in [4.69, 9.17) is 5.73 Å². The number of benzene rings is 1. The van der Waals surface area contributed by atoms with Gasteiger partial charge in [0.1, 0.15) is 5.75 Å². The maximum Gasteiger partial charge on any atom is 0.237 e. The van der Waals surface area contributed by atoms with Gasteiger partial charge in [-0.05, 0) is 24.3 Å². The maximum absolute atomic E-state index is 12.1. The third-order valence-electron chi connectivity index (χ3n) is 2.43. The van der Waals surface area contributed by atoms with Crippen LogP contribution in [0.25, 0.3) is 0 Å². The van der Waals surface area contributed by atoms with Gasteiger partial charge in [-0.15, -0.1) is 0 Å². The second kappa shape index (κ2) is 6.62. The van der Waals surface area contributed by atoms with Crippen molar-refractivity contribution in [2.75, 3.05) is 16.8 Å². The van der Waals surface area contributed by atoms with E-state index < -0.39 is 10.8 Å². The fourth-order valence-corrected chi connectivity index (χ4v) is 2.95. The van der Waals surface area contributed by atoms with Crippen molar-refractivity contribution >= 4 is 44.0 Å². The first-order valence-electron chi connectivity index (χ1n) is 5.69. The second-order valence-corrected chi connectivity index (χ2v) is 6.30. The number of nitrogens with zero attached hydrogens (tertiary/aromatic N) is 1. The maximum atomic E-state index is 12.1. The van der Waals surface area contributed by atoms with Crippen LogP contribution in [0.2, 0.25) is 0 Å². The van der Waals surface area contributed by atoms with E-state index in [1.165, 1.54) is 12.4 Å². The Balaban J connectivity index is 2.02. The molecule has 0 aliphatic rings. The number of carbonyl (C=O) groups is 1. The number of amides is 1. The van der Waals surface area contributed by atoms with E-state index in [0.717, 1.165) is 4.47 Å². The minimum atomic E-state index is -1.49. The zero-order chi connectivity index (χ0) is 14.5. The van der Waals surface area contributed by atoms with Gasteiger partial charge in [0.2, 0.25) is 5.91 Å². The molecule has 0 radical (unpaired) electrons. The summed E-state index contributed by atoms with van der Waals surface area (Å²) in [5, 5.41) is 2.68. The number of hydrogen-bond donors (Lipinski definition) is 2. The van der Waals surface area contributed by atoms with Crippen LogP contribution in [-0.4, -0.2) is 20.9 Å². The Morgan fingerprint density at radius 1 is 1.40 bits per heavy atom. The SMILES string of the molecule is Nc1cnccc1S(=O)CC(=O)Nc1cccc(Br)c1. The molecule has 0 aliphatic heterocycles. The predicted molar refractivity (Wildman–Crippen MR) is 82.7 cm³/mol. The van der Waals surface area contributed by atoms with Gasteiger partial charge in [0, 0.05) is 16.4 Å². The zero-order valence-corrected chi connectivity index (χ0v) is 12.8. The van der Waals surface area contributed by atoms with Crippen LogP contribution < -0.4 is 11.1 Å². The lowest BCUT2D eigenvalue weighted by molar-refractivity contribution is -0.113. The van der Waals surface area contributed by atoms with Crippen molar-refractivity contribution in [3.8, 4) is 0 Å². The van der Waals surface area contributed by atoms with Crippen molar-refractivity contribution in [3.05, 3.63) is 47.2 Å². The summed E-state index contributed by atoms with van der Waals surface area (Å²) < 4.78 is 12.9. The van der Waals surface area contributed by atoms with Crippen molar-refractivity contribution in [2.45, 2.75) is 4.90 Å². The van der Waals surface area contributed by atoms with Crippen molar-refractivity contribution < 1.29 is 9.00 Å². The van der Waals surface area contributed by atoms with E-state index in [1.807, 2.05) is 6.07 Å². The van der Waals surface area contributed by atoms with E-state index in [1.54, 1.807) is 24.3 Å². The Hall–Kier alpha value is -1.73. The van der Waals surface area contributed by atoms with Crippen molar-refractivity contribution in [1.82, 2.24) is 4.98 Å². The minimum absolute atomic E-state index is 0.152. The average Bonchev–Trinajstić information content (AvgIpc) is 2.38. The Morgan fingerprint density at radius 2 is 2.20 bits per heavy atom. The smallest absolute Gasteiger partial charge is 0.237 e. The molecule has 1 aromatic heterocycles. The first kappa shape index (κ1) is 14.7. The molecule has 0 aliphatic carbocycles. The van der Waals surface area contributed by atoms with Crippen LogP contribution in [0.1, 0.15) is 0 Å². The quantitative estimate of drug-likeness (QED) is 0.881. The summed E-state index contributed by atoms with van der Waals surface area (Å²) >= 11 is 3.31. The summed E-state index contributed by atoms with van der Waals surface area (Å²) in [5.41, 5.74) is 6.64. The van der Waals surface area contributed by atoms with Crippen molar-refractivity contribution in [2.24, 2.45) is 0 Å². The van der Waals surface area contributed by atoms with Gasteiger partial charge in [-0.1, -0.05) is 22.0 Å². The van der Waals surface area contributed by atoms with Crippen LogP contribution >= 0.6 is 15.9 Å². The molecule has 1 aromatic carbocycles. The monoisotopic (exact) mass is 353 g/mol. The molecule has 7 heteroatoms. The Labute approximate surface area is 127 Å². The molecular weight excluding hydrogens is 342 g/mol. The lowest BCUT2D eigenvalue weighted by Crippen LogP contribution is -2.20. The van der Waals surface area contributed by atoms with Crippen LogP contribution in [0.15, 0.2) is 52.1 Å². The predicted octanol–water partition coefficient (Wildman–Crippen LogP) is 2.17. The molecule has 20 heavy (non-hydrogen) atoms. The van der Waals surface area contributed by atoms with Crippen LogP contribution in [0.5, 0.6) is 0 Å². The summed E-state index contributed by atoms with van der Waals surface area (Å²) in [4.78, 5) is 16.1. The number of rotatable bonds is 4. The number of carbonyl (C=O) groups excluding carboxylic acids is 1. The topological polar surface area (TPSA) is 85.1 Å². The van der Waals surface area contributed by atoms with Gasteiger partial charge >= 0.3 is 0 Å². The molecule has 0 saturated carbocycles. The fraction of sp³-hybridized carbons (Fsp3) is 0.0769. The van der Waals surface area contributed by atoms with E-state index in [0.29, 0.717) is 16.3 Å². The Bertz CT molecular complexity index is 664. The third-order valence-corrected chi connectivity index (χ3v) is 4.31. The lowest BCUT2D eigenvalue weighted by atomic mass is 10.3. The number of pyridine rings is 1. The first-order valence-corrected chi connectivity index (χ1v) is 7.81.